The van der Waals surface area contributed by atoms with Crippen LogP contribution in [0.15, 0.2) is 91.6 Å². The minimum absolute atomic E-state index is 0.00840. The minimum atomic E-state index is -6.72. The molecule has 24 heteroatoms. The third-order valence-corrected chi connectivity index (χ3v) is 15.9. The summed E-state index contributed by atoms with van der Waals surface area (Å²) in [6.07, 6.45) is -8.33. The molecule has 0 bridgehead atoms. The molecule has 0 spiro atoms. The topological polar surface area (TPSA) is 70.0 Å². The zero-order chi connectivity index (χ0) is 53.7. The number of benzene rings is 5. The monoisotopic (exact) mass is 1140 g/mol. The quantitative estimate of drug-likeness (QED) is 0.0858. The van der Waals surface area contributed by atoms with Gasteiger partial charge in [0.15, 0.2) is 0 Å². The summed E-state index contributed by atoms with van der Waals surface area (Å²) in [5.74, 6) is -29.4. The van der Waals surface area contributed by atoms with E-state index >= 15 is 17.6 Å². The smallest absolute Gasteiger partial charge is 0.381 e. The third-order valence-electron chi connectivity index (χ3n) is 13.2. The molecule has 0 N–H and O–H groups in total. The zero-order valence-electron chi connectivity index (χ0n) is 38.4. The Bertz CT molecular complexity index is 3420. The van der Waals surface area contributed by atoms with E-state index in [1.165, 1.54) is 74.2 Å². The molecule has 11 aromatic rings. The highest BCUT2D eigenvalue weighted by molar-refractivity contribution is 7.09. The molecule has 13 rings (SSSR count). The van der Waals surface area contributed by atoms with E-state index in [1.807, 2.05) is 0 Å². The van der Waals surface area contributed by atoms with Crippen LogP contribution in [0.2, 0.25) is 0 Å². The Hall–Kier alpha value is -5.92. The lowest BCUT2D eigenvalue weighted by molar-refractivity contribution is -0.361. The van der Waals surface area contributed by atoms with E-state index in [0.717, 1.165) is 71.8 Å². The number of ether oxygens (including phenoxy) is 2. The standard InChI is InChI=1S/C44H16F14N4S4.2C4H8O/c45-39(46,41(49,50)43(53,54)55)37-59-33-21(17-1-5-63-13-17)9-25-26-10-23(19-3-7-65-15-19)35-32-30(26)28(27-11-22(18-2-6-64-14-18)34(60-37)31(33)29(25)27)12-24(20-4-8-66-16-20)36(32)62-38(61-35)40(47,48)42(51,52)44(56,57)58;2*1-2-4-5-3-1/h1-16H;2*1-4H2. The Labute approximate surface area is 435 Å². The summed E-state index contributed by atoms with van der Waals surface area (Å²) in [7, 11) is 0. The van der Waals surface area contributed by atoms with E-state index in [9.17, 15) is 43.9 Å². The van der Waals surface area contributed by atoms with E-state index in [1.54, 1.807) is 43.0 Å². The molecule has 0 atom stereocenters. The fraction of sp³-hybridized carbons (Fsp3) is 0.269. The number of rotatable bonds is 8. The van der Waals surface area contributed by atoms with Gasteiger partial charge in [-0.15, -0.1) is 0 Å². The Balaban J connectivity index is 0.000000555. The summed E-state index contributed by atoms with van der Waals surface area (Å²) in [6.45, 7) is 4.00. The number of nitrogens with zero attached hydrogens (tertiary/aromatic N) is 4. The lowest BCUT2D eigenvalue weighted by atomic mass is 9.82. The van der Waals surface area contributed by atoms with Crippen molar-refractivity contribution < 1.29 is 70.9 Å². The van der Waals surface area contributed by atoms with Gasteiger partial charge in [0.2, 0.25) is 11.6 Å². The van der Waals surface area contributed by atoms with Crippen LogP contribution >= 0.6 is 45.3 Å². The van der Waals surface area contributed by atoms with Crippen molar-refractivity contribution >= 4 is 111 Å². The molecule has 394 valence electrons. The molecule has 0 aliphatic carbocycles. The van der Waals surface area contributed by atoms with Gasteiger partial charge in [0.1, 0.15) is 0 Å². The maximum Gasteiger partial charge on any atom is 0.460 e. The van der Waals surface area contributed by atoms with Gasteiger partial charge in [-0.3, -0.25) is 0 Å². The number of aromatic nitrogens is 4. The predicted octanol–water partition coefficient (Wildman–Crippen LogP) is 18.1. The highest BCUT2D eigenvalue weighted by Crippen LogP contribution is 2.57. The second-order valence-corrected chi connectivity index (χ2v) is 21.0. The maximum absolute atomic E-state index is 15.8. The number of hydrogen-bond acceptors (Lipinski definition) is 10. The van der Waals surface area contributed by atoms with Crippen LogP contribution in [-0.4, -0.2) is 70.6 Å². The Morgan fingerprint density at radius 2 is 0.605 bits per heavy atom. The molecule has 8 heterocycles. The lowest BCUT2D eigenvalue weighted by Gasteiger charge is -2.28. The van der Waals surface area contributed by atoms with Gasteiger partial charge in [0, 0.05) is 70.2 Å². The molecule has 6 nitrogen and oxygen atoms in total. The van der Waals surface area contributed by atoms with Crippen molar-refractivity contribution in [2.75, 3.05) is 26.4 Å². The molecule has 2 aliphatic rings. The summed E-state index contributed by atoms with van der Waals surface area (Å²) in [4.78, 5) is 15.4. The summed E-state index contributed by atoms with van der Waals surface area (Å²) in [5, 5.41) is 14.1. The Kier molecular flexibility index (Phi) is 13.0. The van der Waals surface area contributed by atoms with Crippen molar-refractivity contribution in [3.63, 3.8) is 0 Å². The Morgan fingerprint density at radius 1 is 0.355 bits per heavy atom. The molecular formula is C52H32F14N4O2S4. The van der Waals surface area contributed by atoms with E-state index in [0.29, 0.717) is 0 Å². The van der Waals surface area contributed by atoms with Crippen molar-refractivity contribution in [2.45, 2.75) is 61.7 Å². The molecule has 2 aliphatic heterocycles. The van der Waals surface area contributed by atoms with Crippen LogP contribution in [0.1, 0.15) is 37.3 Å². The van der Waals surface area contributed by atoms with Crippen molar-refractivity contribution in [3.8, 4) is 44.5 Å². The molecule has 0 unspecified atom stereocenters. The SMILES string of the molecule is C1CCOC1.C1CCOC1.FC(F)(F)C(F)(F)C(F)(F)c1nc2c(-c3ccsc3)cc3c4cc(-c5ccsc5)c5nc(C(F)(F)C(F)(F)C(F)(F)F)nc6c(-c7ccsc7)cc(c7cc(-c8ccsc8)c(n1)c2c37)c4c56. The molecule has 2 saturated heterocycles. The number of halogens is 14. The second kappa shape index (κ2) is 18.9. The van der Waals surface area contributed by atoms with Crippen LogP contribution in [0.25, 0.3) is 110 Å². The number of alkyl halides is 14. The molecule has 0 saturated carbocycles. The number of hydrogen-bond donors (Lipinski definition) is 0. The van der Waals surface area contributed by atoms with Gasteiger partial charge in [-0.05, 0) is 161 Å². The van der Waals surface area contributed by atoms with Gasteiger partial charge < -0.3 is 9.47 Å². The zero-order valence-corrected chi connectivity index (χ0v) is 41.7. The maximum atomic E-state index is 15.8. The van der Waals surface area contributed by atoms with Crippen molar-refractivity contribution in [1.29, 1.82) is 0 Å². The molecule has 2 fully saturated rings. The summed E-state index contributed by atoms with van der Waals surface area (Å²) in [6, 6.07) is 12.0. The first kappa shape index (κ1) is 52.1. The molecular weight excluding hydrogens is 1110 g/mol. The van der Waals surface area contributed by atoms with E-state index in [-0.39, 0.29) is 87.6 Å². The first-order chi connectivity index (χ1) is 36.0. The highest BCUT2D eigenvalue weighted by atomic mass is 32.1. The van der Waals surface area contributed by atoms with Crippen LogP contribution in [-0.2, 0) is 21.3 Å². The average Bonchev–Trinajstić information content (AvgIpc) is 4.24. The first-order valence-electron chi connectivity index (χ1n) is 22.9. The van der Waals surface area contributed by atoms with Crippen LogP contribution < -0.4 is 0 Å². The fourth-order valence-electron chi connectivity index (χ4n) is 9.48. The van der Waals surface area contributed by atoms with Crippen LogP contribution in [0.3, 0.4) is 0 Å². The predicted molar refractivity (Wildman–Crippen MR) is 268 cm³/mol. The van der Waals surface area contributed by atoms with Gasteiger partial charge in [-0.2, -0.15) is 107 Å². The van der Waals surface area contributed by atoms with E-state index in [2.05, 4.69) is 19.9 Å². The summed E-state index contributed by atoms with van der Waals surface area (Å²) in [5.41, 5.74) is -0.566. The Morgan fingerprint density at radius 3 is 0.789 bits per heavy atom. The molecule has 6 aromatic heterocycles. The average molecular weight is 1140 g/mol. The molecule has 0 radical (unpaired) electrons. The molecule has 5 aromatic carbocycles. The lowest BCUT2D eigenvalue weighted by Crippen LogP contribution is -2.50. The third kappa shape index (κ3) is 8.30. The van der Waals surface area contributed by atoms with Gasteiger partial charge in [0.25, 0.3) is 0 Å². The van der Waals surface area contributed by atoms with Crippen molar-refractivity contribution in [3.05, 3.63) is 103 Å². The molecule has 76 heavy (non-hydrogen) atoms. The van der Waals surface area contributed by atoms with Crippen LogP contribution in [0.4, 0.5) is 61.5 Å². The van der Waals surface area contributed by atoms with Gasteiger partial charge in [0.05, 0.1) is 22.1 Å². The first-order valence-corrected chi connectivity index (χ1v) is 26.7. The van der Waals surface area contributed by atoms with Crippen LogP contribution in [0, 0.1) is 0 Å². The van der Waals surface area contributed by atoms with Crippen LogP contribution in [0.5, 0.6) is 0 Å². The fourth-order valence-corrected chi connectivity index (χ4v) is 12.1. The normalized spacial score (nSPS) is 15.2. The van der Waals surface area contributed by atoms with E-state index in [4.69, 9.17) is 9.47 Å². The summed E-state index contributed by atoms with van der Waals surface area (Å²) < 4.78 is 215. The van der Waals surface area contributed by atoms with Crippen molar-refractivity contribution in [1.82, 2.24) is 19.9 Å². The summed E-state index contributed by atoms with van der Waals surface area (Å²) >= 11 is 4.53. The van der Waals surface area contributed by atoms with Gasteiger partial charge >= 0.3 is 36.0 Å². The highest BCUT2D eigenvalue weighted by Gasteiger charge is 2.76. The van der Waals surface area contributed by atoms with Crippen molar-refractivity contribution in [2.24, 2.45) is 0 Å². The molecule has 0 amide bonds. The van der Waals surface area contributed by atoms with Gasteiger partial charge in [-0.25, -0.2) is 19.9 Å². The van der Waals surface area contributed by atoms with Gasteiger partial charge in [-0.1, -0.05) is 0 Å². The van der Waals surface area contributed by atoms with E-state index < -0.39 is 69.8 Å². The number of fused-ring (bicyclic) bond motifs is 2. The minimum Gasteiger partial charge on any atom is -0.381 e. The largest absolute Gasteiger partial charge is 0.460 e. The number of thiophene rings is 4. The second-order valence-electron chi connectivity index (χ2n) is 17.9.